The molecule has 1 fully saturated rings. The third-order valence-corrected chi connectivity index (χ3v) is 2.96. The third-order valence-electron chi connectivity index (χ3n) is 2.96. The van der Waals surface area contributed by atoms with Crippen molar-refractivity contribution in [2.45, 2.75) is 25.1 Å². The van der Waals surface area contributed by atoms with Crippen molar-refractivity contribution < 1.29 is 27.9 Å². The van der Waals surface area contributed by atoms with Crippen LogP contribution in [0.1, 0.15) is 24.1 Å². The minimum atomic E-state index is -4.61. The van der Waals surface area contributed by atoms with Crippen LogP contribution >= 0.6 is 0 Å². The van der Waals surface area contributed by atoms with Gasteiger partial charge < -0.3 is 20.4 Å². The largest absolute Gasteiger partial charge is 0.474 e. The molecule has 0 saturated carbocycles. The van der Waals surface area contributed by atoms with E-state index >= 15 is 0 Å². The lowest BCUT2D eigenvalue weighted by Gasteiger charge is -2.15. The van der Waals surface area contributed by atoms with Crippen LogP contribution in [-0.4, -0.2) is 35.3 Å². The average Bonchev–Trinajstić information content (AvgIpc) is 2.96. The van der Waals surface area contributed by atoms with Gasteiger partial charge in [0.15, 0.2) is 5.84 Å². The monoisotopic (exact) mass is 305 g/mol. The second-order valence-corrected chi connectivity index (χ2v) is 4.48. The van der Waals surface area contributed by atoms with Crippen molar-refractivity contribution in [3.8, 4) is 5.88 Å². The Kier molecular flexibility index (Phi) is 4.51. The van der Waals surface area contributed by atoms with E-state index in [2.05, 4.69) is 10.1 Å². The number of pyridine rings is 1. The highest BCUT2D eigenvalue weighted by atomic mass is 19.4. The van der Waals surface area contributed by atoms with Crippen molar-refractivity contribution in [2.24, 2.45) is 10.9 Å². The predicted molar refractivity (Wildman–Crippen MR) is 66.2 cm³/mol. The number of hydrogen-bond acceptors (Lipinski definition) is 5. The zero-order chi connectivity index (χ0) is 15.5. The molecule has 9 heteroatoms. The molecular formula is C12H14F3N3O3. The summed E-state index contributed by atoms with van der Waals surface area (Å²) in [5.74, 6) is -0.714. The fourth-order valence-electron chi connectivity index (χ4n) is 1.90. The molecule has 0 spiro atoms. The van der Waals surface area contributed by atoms with Crippen LogP contribution in [0.4, 0.5) is 13.2 Å². The van der Waals surface area contributed by atoms with E-state index in [-0.39, 0.29) is 30.0 Å². The zero-order valence-electron chi connectivity index (χ0n) is 10.9. The van der Waals surface area contributed by atoms with Crippen molar-refractivity contribution in [1.29, 1.82) is 0 Å². The summed E-state index contributed by atoms with van der Waals surface area (Å²) in [5.41, 5.74) is 4.28. The molecule has 1 unspecified atom stereocenters. The van der Waals surface area contributed by atoms with Gasteiger partial charge in [-0.25, -0.2) is 4.98 Å². The minimum absolute atomic E-state index is 0.0107. The summed E-state index contributed by atoms with van der Waals surface area (Å²) >= 11 is 0. The summed E-state index contributed by atoms with van der Waals surface area (Å²) in [6.45, 7) is 0.650. The third kappa shape index (κ3) is 3.75. The number of aromatic nitrogens is 1. The number of nitrogens with zero attached hydrogens (tertiary/aromatic N) is 2. The van der Waals surface area contributed by atoms with Crippen LogP contribution in [0.5, 0.6) is 5.88 Å². The van der Waals surface area contributed by atoms with Crippen molar-refractivity contribution in [1.82, 2.24) is 4.98 Å². The van der Waals surface area contributed by atoms with Crippen LogP contribution in [0.2, 0.25) is 0 Å². The lowest BCUT2D eigenvalue weighted by Crippen LogP contribution is -2.21. The highest BCUT2D eigenvalue weighted by Crippen LogP contribution is 2.30. The molecule has 2 rings (SSSR count). The fourth-order valence-corrected chi connectivity index (χ4v) is 1.90. The SMILES string of the molecule is NC(=NO)c1ccc(C(F)(F)F)nc1OCC1CCCO1. The van der Waals surface area contributed by atoms with Gasteiger partial charge in [-0.15, -0.1) is 0 Å². The van der Waals surface area contributed by atoms with Gasteiger partial charge in [0.25, 0.3) is 0 Å². The lowest BCUT2D eigenvalue weighted by atomic mass is 10.2. The fraction of sp³-hybridized carbons (Fsp3) is 0.500. The van der Waals surface area contributed by atoms with E-state index in [9.17, 15) is 13.2 Å². The van der Waals surface area contributed by atoms with E-state index in [0.717, 1.165) is 25.0 Å². The Hall–Kier alpha value is -2.03. The number of nitrogens with two attached hydrogens (primary N) is 1. The molecule has 0 radical (unpaired) electrons. The summed E-state index contributed by atoms with van der Waals surface area (Å²) in [4.78, 5) is 3.40. The Morgan fingerprint density at radius 3 is 2.86 bits per heavy atom. The molecular weight excluding hydrogens is 291 g/mol. The highest BCUT2D eigenvalue weighted by molar-refractivity contribution is 5.99. The highest BCUT2D eigenvalue weighted by Gasteiger charge is 2.33. The van der Waals surface area contributed by atoms with Crippen LogP contribution in [-0.2, 0) is 10.9 Å². The first-order chi connectivity index (χ1) is 9.91. The molecule has 0 bridgehead atoms. The second-order valence-electron chi connectivity index (χ2n) is 4.48. The van der Waals surface area contributed by atoms with Gasteiger partial charge in [-0.05, 0) is 25.0 Å². The summed E-state index contributed by atoms with van der Waals surface area (Å²) < 4.78 is 48.6. The first kappa shape index (κ1) is 15.4. The molecule has 2 heterocycles. The Bertz CT molecular complexity index is 528. The van der Waals surface area contributed by atoms with E-state index in [0.29, 0.717) is 6.61 Å². The van der Waals surface area contributed by atoms with Crippen LogP contribution in [0.3, 0.4) is 0 Å². The molecule has 1 aliphatic rings. The van der Waals surface area contributed by atoms with E-state index in [1.165, 1.54) is 0 Å². The Labute approximate surface area is 118 Å². The number of hydrogen-bond donors (Lipinski definition) is 2. The number of halogens is 3. The topological polar surface area (TPSA) is 90.0 Å². The molecule has 116 valence electrons. The summed E-state index contributed by atoms with van der Waals surface area (Å²) in [7, 11) is 0. The molecule has 1 atom stereocenters. The van der Waals surface area contributed by atoms with Crippen LogP contribution in [0, 0.1) is 0 Å². The van der Waals surface area contributed by atoms with Gasteiger partial charge in [0.2, 0.25) is 5.88 Å². The Balaban J connectivity index is 2.24. The quantitative estimate of drug-likeness (QED) is 0.383. The normalized spacial score (nSPS) is 19.8. The molecule has 0 amide bonds. The van der Waals surface area contributed by atoms with Crippen molar-refractivity contribution >= 4 is 5.84 Å². The predicted octanol–water partition coefficient (Wildman–Crippen LogP) is 1.75. The lowest BCUT2D eigenvalue weighted by molar-refractivity contribution is -0.141. The first-order valence-corrected chi connectivity index (χ1v) is 6.22. The minimum Gasteiger partial charge on any atom is -0.474 e. The van der Waals surface area contributed by atoms with Crippen molar-refractivity contribution in [3.63, 3.8) is 0 Å². The molecule has 6 nitrogen and oxygen atoms in total. The molecule has 21 heavy (non-hydrogen) atoms. The molecule has 1 aromatic heterocycles. The maximum absolute atomic E-state index is 12.7. The number of oxime groups is 1. The molecule has 0 aromatic carbocycles. The van der Waals surface area contributed by atoms with Gasteiger partial charge in [0, 0.05) is 6.61 Å². The van der Waals surface area contributed by atoms with E-state index < -0.39 is 11.9 Å². The molecule has 1 aromatic rings. The van der Waals surface area contributed by atoms with Gasteiger partial charge in [-0.3, -0.25) is 0 Å². The van der Waals surface area contributed by atoms with E-state index in [1.54, 1.807) is 0 Å². The Morgan fingerprint density at radius 2 is 2.29 bits per heavy atom. The first-order valence-electron chi connectivity index (χ1n) is 6.22. The standard InChI is InChI=1S/C12H14F3N3O3/c13-12(14,15)9-4-3-8(10(16)18-19)11(17-9)21-6-7-2-1-5-20-7/h3-4,7,19H,1-2,5-6H2,(H2,16,18). The maximum Gasteiger partial charge on any atom is 0.433 e. The smallest absolute Gasteiger partial charge is 0.433 e. The van der Waals surface area contributed by atoms with Crippen LogP contribution in [0.15, 0.2) is 17.3 Å². The van der Waals surface area contributed by atoms with Gasteiger partial charge in [0.05, 0.1) is 11.7 Å². The van der Waals surface area contributed by atoms with Gasteiger partial charge in [-0.2, -0.15) is 13.2 Å². The Morgan fingerprint density at radius 1 is 1.52 bits per heavy atom. The second kappa shape index (κ2) is 6.17. The van der Waals surface area contributed by atoms with Crippen LogP contribution in [0.25, 0.3) is 0 Å². The zero-order valence-corrected chi connectivity index (χ0v) is 10.9. The maximum atomic E-state index is 12.7. The molecule has 0 aliphatic carbocycles. The molecule has 1 aliphatic heterocycles. The van der Waals surface area contributed by atoms with Crippen molar-refractivity contribution in [2.75, 3.05) is 13.2 Å². The van der Waals surface area contributed by atoms with E-state index in [1.807, 2.05) is 0 Å². The number of ether oxygens (including phenoxy) is 2. The van der Waals surface area contributed by atoms with Crippen molar-refractivity contribution in [3.05, 3.63) is 23.4 Å². The summed E-state index contributed by atoms with van der Waals surface area (Å²) in [5, 5.41) is 11.4. The molecule has 1 saturated heterocycles. The summed E-state index contributed by atoms with van der Waals surface area (Å²) in [6.07, 6.45) is -3.16. The van der Waals surface area contributed by atoms with Gasteiger partial charge in [-0.1, -0.05) is 5.16 Å². The van der Waals surface area contributed by atoms with Gasteiger partial charge in [0.1, 0.15) is 12.3 Å². The summed E-state index contributed by atoms with van der Waals surface area (Å²) in [6, 6.07) is 1.79. The molecule has 3 N–H and O–H groups in total. The van der Waals surface area contributed by atoms with Crippen LogP contribution < -0.4 is 10.5 Å². The van der Waals surface area contributed by atoms with Gasteiger partial charge >= 0.3 is 6.18 Å². The average molecular weight is 305 g/mol. The number of rotatable bonds is 4. The number of alkyl halides is 3. The van der Waals surface area contributed by atoms with E-state index in [4.69, 9.17) is 20.4 Å². The number of amidine groups is 1.